The van der Waals surface area contributed by atoms with E-state index in [0.29, 0.717) is 17.6 Å². The molecule has 1 rings (SSSR count). The molecule has 0 spiro atoms. The van der Waals surface area contributed by atoms with Crippen LogP contribution in [-0.2, 0) is 4.74 Å². The number of hydrogen-bond donors (Lipinski definition) is 1. The molecule has 1 saturated heterocycles. The van der Waals surface area contributed by atoms with E-state index >= 15 is 0 Å². The van der Waals surface area contributed by atoms with Crippen LogP contribution in [0, 0.1) is 11.3 Å². The maximum Gasteiger partial charge on any atom is 0.0576 e. The summed E-state index contributed by atoms with van der Waals surface area (Å²) in [6.07, 6.45) is 8.16. The third-order valence-corrected chi connectivity index (χ3v) is 3.92. The molecule has 0 aliphatic carbocycles. The van der Waals surface area contributed by atoms with Gasteiger partial charge in [-0.3, -0.25) is 0 Å². The van der Waals surface area contributed by atoms with E-state index in [0.717, 1.165) is 12.5 Å². The molecular formula is C16H33NO. The zero-order chi connectivity index (χ0) is 13.6. The lowest BCUT2D eigenvalue weighted by Gasteiger charge is -2.27. The minimum atomic E-state index is 0.451. The fraction of sp³-hybridized carbons (Fsp3) is 1.00. The molecule has 3 atom stereocenters. The first kappa shape index (κ1) is 16.0. The van der Waals surface area contributed by atoms with Gasteiger partial charge in [-0.25, -0.2) is 0 Å². The van der Waals surface area contributed by atoms with E-state index in [9.17, 15) is 0 Å². The Bertz CT molecular complexity index is 216. The van der Waals surface area contributed by atoms with Gasteiger partial charge in [-0.15, -0.1) is 0 Å². The average molecular weight is 255 g/mol. The van der Waals surface area contributed by atoms with Crippen molar-refractivity contribution < 1.29 is 4.74 Å². The maximum atomic E-state index is 5.71. The second-order valence-electron chi connectivity index (χ2n) is 7.30. The first-order valence-corrected chi connectivity index (χ1v) is 7.69. The van der Waals surface area contributed by atoms with Crippen molar-refractivity contribution in [2.45, 2.75) is 78.4 Å². The van der Waals surface area contributed by atoms with Crippen LogP contribution in [0.5, 0.6) is 0 Å². The third kappa shape index (κ3) is 6.75. The maximum absolute atomic E-state index is 5.71. The molecule has 0 aromatic heterocycles. The summed E-state index contributed by atoms with van der Waals surface area (Å²) < 4.78 is 5.71. The Hall–Kier alpha value is -0.0800. The van der Waals surface area contributed by atoms with Crippen molar-refractivity contribution in [2.75, 3.05) is 13.7 Å². The summed E-state index contributed by atoms with van der Waals surface area (Å²) in [5.74, 6) is 0.798. The third-order valence-electron chi connectivity index (χ3n) is 3.92. The fourth-order valence-electron chi connectivity index (χ4n) is 3.25. The first-order chi connectivity index (χ1) is 8.40. The number of nitrogens with one attached hydrogen (secondary N) is 1. The Balaban J connectivity index is 2.23. The summed E-state index contributed by atoms with van der Waals surface area (Å²) in [4.78, 5) is 0. The molecule has 0 bridgehead atoms. The molecule has 1 fully saturated rings. The first-order valence-electron chi connectivity index (χ1n) is 7.69. The Labute approximate surface area is 114 Å². The lowest BCUT2D eigenvalue weighted by atomic mass is 9.82. The molecule has 2 heteroatoms. The molecule has 0 saturated carbocycles. The van der Waals surface area contributed by atoms with Crippen LogP contribution in [0.4, 0.5) is 0 Å². The van der Waals surface area contributed by atoms with Crippen LogP contribution < -0.4 is 5.32 Å². The van der Waals surface area contributed by atoms with Crippen molar-refractivity contribution in [3.63, 3.8) is 0 Å². The number of ether oxygens (including phenoxy) is 1. The van der Waals surface area contributed by atoms with Crippen LogP contribution in [0.25, 0.3) is 0 Å². The van der Waals surface area contributed by atoms with E-state index in [4.69, 9.17) is 4.74 Å². The van der Waals surface area contributed by atoms with Gasteiger partial charge in [0.05, 0.1) is 6.10 Å². The highest BCUT2D eigenvalue weighted by atomic mass is 16.5. The van der Waals surface area contributed by atoms with Gasteiger partial charge < -0.3 is 10.1 Å². The molecule has 108 valence electrons. The normalized spacial score (nSPS) is 24.2. The van der Waals surface area contributed by atoms with Gasteiger partial charge in [0.2, 0.25) is 0 Å². The van der Waals surface area contributed by atoms with E-state index < -0.39 is 0 Å². The van der Waals surface area contributed by atoms with Gasteiger partial charge in [-0.1, -0.05) is 27.7 Å². The minimum absolute atomic E-state index is 0.451. The highest BCUT2D eigenvalue weighted by Crippen LogP contribution is 2.28. The smallest absolute Gasteiger partial charge is 0.0576 e. The Morgan fingerprint density at radius 2 is 2.06 bits per heavy atom. The van der Waals surface area contributed by atoms with Crippen LogP contribution in [0.1, 0.15) is 66.2 Å². The largest absolute Gasteiger partial charge is 0.378 e. The summed E-state index contributed by atoms with van der Waals surface area (Å²) in [6.45, 7) is 10.4. The van der Waals surface area contributed by atoms with Crippen LogP contribution in [-0.4, -0.2) is 25.8 Å². The van der Waals surface area contributed by atoms with Gasteiger partial charge in [-0.05, 0) is 56.9 Å². The molecule has 1 aliphatic rings. The molecule has 0 aromatic rings. The monoisotopic (exact) mass is 255 g/mol. The van der Waals surface area contributed by atoms with Crippen molar-refractivity contribution in [1.29, 1.82) is 0 Å². The van der Waals surface area contributed by atoms with Gasteiger partial charge >= 0.3 is 0 Å². The summed E-state index contributed by atoms with van der Waals surface area (Å²) in [5, 5.41) is 3.49. The Morgan fingerprint density at radius 1 is 1.33 bits per heavy atom. The molecule has 0 radical (unpaired) electrons. The van der Waals surface area contributed by atoms with Gasteiger partial charge in [0.1, 0.15) is 0 Å². The quantitative estimate of drug-likeness (QED) is 0.742. The van der Waals surface area contributed by atoms with E-state index in [1.807, 2.05) is 0 Å². The lowest BCUT2D eigenvalue weighted by molar-refractivity contribution is 0.0986. The molecule has 1 N–H and O–H groups in total. The summed E-state index contributed by atoms with van der Waals surface area (Å²) in [7, 11) is 2.10. The van der Waals surface area contributed by atoms with E-state index in [1.165, 1.54) is 38.5 Å². The van der Waals surface area contributed by atoms with Gasteiger partial charge in [0.25, 0.3) is 0 Å². The van der Waals surface area contributed by atoms with Crippen LogP contribution in [0.3, 0.4) is 0 Å². The van der Waals surface area contributed by atoms with E-state index in [1.54, 1.807) is 0 Å². The predicted molar refractivity (Wildman–Crippen MR) is 78.9 cm³/mol. The van der Waals surface area contributed by atoms with Crippen molar-refractivity contribution in [3.05, 3.63) is 0 Å². The highest BCUT2D eigenvalue weighted by molar-refractivity contribution is 4.75. The van der Waals surface area contributed by atoms with Crippen molar-refractivity contribution >= 4 is 0 Å². The Kier molecular flexibility index (Phi) is 6.65. The summed E-state index contributed by atoms with van der Waals surface area (Å²) in [5.41, 5.74) is 0.451. The minimum Gasteiger partial charge on any atom is -0.378 e. The predicted octanol–water partition coefficient (Wildman–Crippen LogP) is 4.00. The Morgan fingerprint density at radius 3 is 2.56 bits per heavy atom. The van der Waals surface area contributed by atoms with Crippen molar-refractivity contribution in [3.8, 4) is 0 Å². The molecule has 3 unspecified atom stereocenters. The van der Waals surface area contributed by atoms with Crippen LogP contribution >= 0.6 is 0 Å². The summed E-state index contributed by atoms with van der Waals surface area (Å²) >= 11 is 0. The summed E-state index contributed by atoms with van der Waals surface area (Å²) in [6, 6.07) is 0.659. The molecule has 18 heavy (non-hydrogen) atoms. The van der Waals surface area contributed by atoms with Crippen molar-refractivity contribution in [1.82, 2.24) is 5.32 Å². The molecule has 2 nitrogen and oxygen atoms in total. The molecule has 0 amide bonds. The van der Waals surface area contributed by atoms with Gasteiger partial charge in [-0.2, -0.15) is 0 Å². The van der Waals surface area contributed by atoms with E-state index in [2.05, 4.69) is 40.1 Å². The van der Waals surface area contributed by atoms with Crippen LogP contribution in [0.15, 0.2) is 0 Å². The van der Waals surface area contributed by atoms with Gasteiger partial charge in [0.15, 0.2) is 0 Å². The van der Waals surface area contributed by atoms with Crippen LogP contribution in [0.2, 0.25) is 0 Å². The average Bonchev–Trinajstić information content (AvgIpc) is 2.74. The zero-order valence-electron chi connectivity index (χ0n) is 13.1. The zero-order valence-corrected chi connectivity index (χ0v) is 13.1. The second kappa shape index (κ2) is 7.49. The lowest BCUT2D eigenvalue weighted by Crippen LogP contribution is -2.29. The highest BCUT2D eigenvalue weighted by Gasteiger charge is 2.21. The number of rotatable bonds is 7. The van der Waals surface area contributed by atoms with Gasteiger partial charge in [0, 0.05) is 12.6 Å². The second-order valence-corrected chi connectivity index (χ2v) is 7.30. The topological polar surface area (TPSA) is 21.3 Å². The SMILES string of the molecule is CNC(CCC1CCCO1)CC(C)CC(C)(C)C. The molecule has 0 aromatic carbocycles. The van der Waals surface area contributed by atoms with Crippen molar-refractivity contribution in [2.24, 2.45) is 11.3 Å². The fourth-order valence-corrected chi connectivity index (χ4v) is 3.25. The molecule has 1 heterocycles. The molecule has 1 aliphatic heterocycles. The number of hydrogen-bond acceptors (Lipinski definition) is 2. The van der Waals surface area contributed by atoms with E-state index in [-0.39, 0.29) is 0 Å². The molecular weight excluding hydrogens is 222 g/mol. The standard InChI is InChI=1S/C16H33NO/c1-13(12-16(2,3)4)11-14(17-5)8-9-15-7-6-10-18-15/h13-15,17H,6-12H2,1-5H3.